The third-order valence-electron chi connectivity index (χ3n) is 3.20. The lowest BCUT2D eigenvalue weighted by molar-refractivity contribution is 0.0601. The molecule has 0 spiro atoms. The Morgan fingerprint density at radius 1 is 1.25 bits per heavy atom. The van der Waals surface area contributed by atoms with Crippen LogP contribution >= 0.6 is 0 Å². The second-order valence-corrected chi connectivity index (χ2v) is 4.40. The molecule has 2 aromatic heterocycles. The van der Waals surface area contributed by atoms with Crippen LogP contribution < -0.4 is 0 Å². The van der Waals surface area contributed by atoms with E-state index in [9.17, 15) is 4.79 Å². The smallest absolute Gasteiger partial charge is 0.337 e. The molecule has 0 amide bonds. The highest BCUT2D eigenvalue weighted by atomic mass is 16.5. The first-order valence-corrected chi connectivity index (χ1v) is 6.17. The van der Waals surface area contributed by atoms with Gasteiger partial charge in [-0.3, -0.25) is 4.98 Å². The fraction of sp³-hybridized carbons (Fsp3) is 0.133. The van der Waals surface area contributed by atoms with Crippen LogP contribution in [0.5, 0.6) is 0 Å². The summed E-state index contributed by atoms with van der Waals surface area (Å²) in [6.45, 7) is 0. The van der Waals surface area contributed by atoms with Crippen molar-refractivity contribution < 1.29 is 9.53 Å². The van der Waals surface area contributed by atoms with Crippen molar-refractivity contribution in [2.75, 3.05) is 7.11 Å². The second-order valence-electron chi connectivity index (χ2n) is 4.40. The Morgan fingerprint density at radius 2 is 2.10 bits per heavy atom. The molecule has 0 unspecified atom stereocenters. The molecule has 0 saturated heterocycles. The van der Waals surface area contributed by atoms with Crippen LogP contribution in [0.15, 0.2) is 42.6 Å². The molecule has 0 N–H and O–H groups in total. The van der Waals surface area contributed by atoms with Gasteiger partial charge in [-0.15, -0.1) is 0 Å². The summed E-state index contributed by atoms with van der Waals surface area (Å²) < 4.78 is 6.68. The van der Waals surface area contributed by atoms with Gasteiger partial charge in [-0.05, 0) is 30.3 Å². The molecule has 0 aliphatic carbocycles. The SMILES string of the molecule is COC(=O)c1ccc2c(c1)nc(-c1ccccn1)n2C. The zero-order chi connectivity index (χ0) is 14.1. The number of hydrogen-bond acceptors (Lipinski definition) is 4. The van der Waals surface area contributed by atoms with Crippen LogP contribution in [0.4, 0.5) is 0 Å². The van der Waals surface area contributed by atoms with Gasteiger partial charge in [0.1, 0.15) is 5.69 Å². The molecule has 0 atom stereocenters. The Bertz CT molecular complexity index is 778. The number of aromatic nitrogens is 3. The van der Waals surface area contributed by atoms with Gasteiger partial charge in [-0.2, -0.15) is 0 Å². The highest BCUT2D eigenvalue weighted by molar-refractivity contribution is 5.94. The summed E-state index contributed by atoms with van der Waals surface area (Å²) in [7, 11) is 3.29. The van der Waals surface area contributed by atoms with Crippen LogP contribution in [0, 0.1) is 0 Å². The maximum Gasteiger partial charge on any atom is 0.337 e. The number of esters is 1. The standard InChI is InChI=1S/C15H13N3O2/c1-18-13-7-6-10(15(19)20-2)9-12(13)17-14(18)11-5-3-4-8-16-11/h3-9H,1-2H3. The predicted molar refractivity (Wildman–Crippen MR) is 75.3 cm³/mol. The Balaban J connectivity index is 2.17. The molecule has 2 heterocycles. The molecule has 3 rings (SSSR count). The number of carbonyl (C=O) groups excluding carboxylic acids is 1. The highest BCUT2D eigenvalue weighted by Crippen LogP contribution is 2.23. The van der Waals surface area contributed by atoms with Crippen LogP contribution in [0.25, 0.3) is 22.6 Å². The zero-order valence-corrected chi connectivity index (χ0v) is 11.2. The van der Waals surface area contributed by atoms with Gasteiger partial charge in [0, 0.05) is 13.2 Å². The summed E-state index contributed by atoms with van der Waals surface area (Å²) in [6.07, 6.45) is 1.73. The maximum atomic E-state index is 11.5. The summed E-state index contributed by atoms with van der Waals surface area (Å²) in [5, 5.41) is 0. The molecule has 0 aliphatic rings. The Morgan fingerprint density at radius 3 is 2.80 bits per heavy atom. The van der Waals surface area contributed by atoms with Gasteiger partial charge >= 0.3 is 5.97 Å². The lowest BCUT2D eigenvalue weighted by Gasteiger charge is -2.01. The Labute approximate surface area is 115 Å². The number of methoxy groups -OCH3 is 1. The van der Waals surface area contributed by atoms with E-state index in [0.29, 0.717) is 5.56 Å². The van der Waals surface area contributed by atoms with E-state index in [0.717, 1.165) is 22.6 Å². The quantitative estimate of drug-likeness (QED) is 0.669. The monoisotopic (exact) mass is 267 g/mol. The van der Waals surface area contributed by atoms with Crippen molar-refractivity contribution in [3.05, 3.63) is 48.2 Å². The number of nitrogens with zero attached hydrogens (tertiary/aromatic N) is 3. The molecule has 3 aromatic rings. The topological polar surface area (TPSA) is 57.0 Å². The van der Waals surface area contributed by atoms with Crippen LogP contribution in [-0.2, 0) is 11.8 Å². The van der Waals surface area contributed by atoms with Crippen molar-refractivity contribution in [3.8, 4) is 11.5 Å². The van der Waals surface area contributed by atoms with E-state index in [4.69, 9.17) is 4.74 Å². The summed E-state index contributed by atoms with van der Waals surface area (Å²) in [4.78, 5) is 20.4. The predicted octanol–water partition coefficient (Wildman–Crippen LogP) is 2.42. The third-order valence-corrected chi connectivity index (χ3v) is 3.20. The zero-order valence-electron chi connectivity index (χ0n) is 11.2. The number of imidazole rings is 1. The summed E-state index contributed by atoms with van der Waals surface area (Å²) in [5.74, 6) is 0.402. The van der Waals surface area contributed by atoms with E-state index in [1.165, 1.54) is 7.11 Å². The van der Waals surface area contributed by atoms with E-state index in [1.54, 1.807) is 18.3 Å². The molecule has 5 nitrogen and oxygen atoms in total. The van der Waals surface area contributed by atoms with Crippen molar-refractivity contribution in [1.29, 1.82) is 0 Å². The van der Waals surface area contributed by atoms with Crippen molar-refractivity contribution in [1.82, 2.24) is 14.5 Å². The van der Waals surface area contributed by atoms with Gasteiger partial charge in [0.15, 0.2) is 5.82 Å². The van der Waals surface area contributed by atoms with Crippen LogP contribution in [-0.4, -0.2) is 27.6 Å². The van der Waals surface area contributed by atoms with Gasteiger partial charge < -0.3 is 9.30 Å². The number of carbonyl (C=O) groups is 1. The minimum atomic E-state index is -0.364. The first-order chi connectivity index (χ1) is 9.70. The minimum absolute atomic E-state index is 0.364. The molecule has 100 valence electrons. The summed E-state index contributed by atoms with van der Waals surface area (Å²) in [5.41, 5.74) is 2.98. The molecule has 0 aliphatic heterocycles. The fourth-order valence-electron chi connectivity index (χ4n) is 2.17. The van der Waals surface area contributed by atoms with E-state index < -0.39 is 0 Å². The largest absolute Gasteiger partial charge is 0.465 e. The number of ether oxygens (including phenoxy) is 1. The first kappa shape index (κ1) is 12.3. The van der Waals surface area contributed by atoms with Crippen molar-refractivity contribution >= 4 is 17.0 Å². The molecule has 0 bridgehead atoms. The second kappa shape index (κ2) is 4.77. The maximum absolute atomic E-state index is 11.5. The number of aryl methyl sites for hydroxylation is 1. The Hall–Kier alpha value is -2.69. The van der Waals surface area contributed by atoms with Crippen molar-refractivity contribution in [2.45, 2.75) is 0 Å². The van der Waals surface area contributed by atoms with E-state index in [1.807, 2.05) is 35.9 Å². The third kappa shape index (κ3) is 1.93. The molecular formula is C15H13N3O2. The van der Waals surface area contributed by atoms with Crippen molar-refractivity contribution in [2.24, 2.45) is 7.05 Å². The number of hydrogen-bond donors (Lipinski definition) is 0. The number of rotatable bonds is 2. The van der Waals surface area contributed by atoms with Crippen molar-refractivity contribution in [3.63, 3.8) is 0 Å². The molecule has 0 radical (unpaired) electrons. The van der Waals surface area contributed by atoms with E-state index in [2.05, 4.69) is 9.97 Å². The molecular weight excluding hydrogens is 254 g/mol. The lowest BCUT2D eigenvalue weighted by atomic mass is 10.2. The normalized spacial score (nSPS) is 10.7. The molecule has 20 heavy (non-hydrogen) atoms. The highest BCUT2D eigenvalue weighted by Gasteiger charge is 2.13. The number of benzene rings is 1. The van der Waals surface area contributed by atoms with Crippen LogP contribution in [0.2, 0.25) is 0 Å². The van der Waals surface area contributed by atoms with Gasteiger partial charge in [-0.25, -0.2) is 9.78 Å². The average Bonchev–Trinajstić information content (AvgIpc) is 2.84. The molecule has 5 heteroatoms. The van der Waals surface area contributed by atoms with Gasteiger partial charge in [-0.1, -0.05) is 6.07 Å². The van der Waals surface area contributed by atoms with Crippen LogP contribution in [0.3, 0.4) is 0 Å². The van der Waals surface area contributed by atoms with Gasteiger partial charge in [0.2, 0.25) is 0 Å². The number of fused-ring (bicyclic) bond motifs is 1. The Kier molecular flexibility index (Phi) is 2.95. The number of pyridine rings is 1. The molecule has 0 fully saturated rings. The van der Waals surface area contributed by atoms with E-state index in [-0.39, 0.29) is 5.97 Å². The minimum Gasteiger partial charge on any atom is -0.465 e. The average molecular weight is 267 g/mol. The molecule has 1 aromatic carbocycles. The lowest BCUT2D eigenvalue weighted by Crippen LogP contribution is -2.00. The molecule has 0 saturated carbocycles. The fourth-order valence-corrected chi connectivity index (χ4v) is 2.17. The summed E-state index contributed by atoms with van der Waals surface area (Å²) >= 11 is 0. The van der Waals surface area contributed by atoms with Gasteiger partial charge in [0.05, 0.1) is 23.7 Å². The van der Waals surface area contributed by atoms with Gasteiger partial charge in [0.25, 0.3) is 0 Å². The van der Waals surface area contributed by atoms with Crippen LogP contribution in [0.1, 0.15) is 10.4 Å². The summed E-state index contributed by atoms with van der Waals surface area (Å²) in [6, 6.07) is 11.0. The first-order valence-electron chi connectivity index (χ1n) is 6.17. The van der Waals surface area contributed by atoms with E-state index >= 15 is 0 Å².